The van der Waals surface area contributed by atoms with E-state index in [-0.39, 0.29) is 19.0 Å². The Morgan fingerprint density at radius 1 is 1.16 bits per heavy atom. The Kier molecular flexibility index (Phi) is 4.19. The predicted molar refractivity (Wildman–Crippen MR) is 70.2 cm³/mol. The number of nitrogens with one attached hydrogen (secondary N) is 1. The molecule has 1 heterocycles. The second kappa shape index (κ2) is 5.53. The minimum absolute atomic E-state index is 0.0546. The van der Waals surface area contributed by atoms with Gasteiger partial charge >= 0.3 is 6.18 Å². The van der Waals surface area contributed by atoms with E-state index in [2.05, 4.69) is 37.4 Å². The molecule has 1 saturated heterocycles. The summed E-state index contributed by atoms with van der Waals surface area (Å²) in [5.41, 5.74) is 3.69. The standard InChI is InChI=1S/C15H20F3N/c1-10-3-4-12(7-11(10)2)8-14-6-5-13(9-19-14)15(16,17)18/h3-4,7,13-14,19H,5-6,8-9H2,1-2H3. The minimum Gasteiger partial charge on any atom is -0.313 e. The molecule has 0 amide bonds. The second-order valence-electron chi connectivity index (χ2n) is 5.54. The summed E-state index contributed by atoms with van der Waals surface area (Å²) in [7, 11) is 0. The third-order valence-electron chi connectivity index (χ3n) is 4.03. The first-order valence-electron chi connectivity index (χ1n) is 6.72. The number of alkyl halides is 3. The van der Waals surface area contributed by atoms with Crippen molar-refractivity contribution in [3.05, 3.63) is 34.9 Å². The zero-order chi connectivity index (χ0) is 14.0. The molecule has 1 aromatic rings. The normalized spacial score (nSPS) is 24.5. The van der Waals surface area contributed by atoms with Gasteiger partial charge in [-0.2, -0.15) is 13.2 Å². The van der Waals surface area contributed by atoms with Gasteiger partial charge in [0.25, 0.3) is 0 Å². The number of aryl methyl sites for hydroxylation is 2. The average Bonchev–Trinajstić information content (AvgIpc) is 2.33. The summed E-state index contributed by atoms with van der Waals surface area (Å²) < 4.78 is 37.7. The highest BCUT2D eigenvalue weighted by molar-refractivity contribution is 5.30. The van der Waals surface area contributed by atoms with Crippen molar-refractivity contribution >= 4 is 0 Å². The van der Waals surface area contributed by atoms with Crippen LogP contribution in [0.2, 0.25) is 0 Å². The van der Waals surface area contributed by atoms with Crippen molar-refractivity contribution in [2.75, 3.05) is 6.54 Å². The highest BCUT2D eigenvalue weighted by Crippen LogP contribution is 2.32. The van der Waals surface area contributed by atoms with Crippen LogP contribution in [-0.2, 0) is 6.42 Å². The van der Waals surface area contributed by atoms with Crippen LogP contribution in [0.4, 0.5) is 13.2 Å². The van der Waals surface area contributed by atoms with Gasteiger partial charge < -0.3 is 5.32 Å². The SMILES string of the molecule is Cc1ccc(CC2CCC(C(F)(F)F)CN2)cc1C. The van der Waals surface area contributed by atoms with Gasteiger partial charge in [-0.05, 0) is 49.8 Å². The molecule has 1 aliphatic rings. The van der Waals surface area contributed by atoms with Crippen LogP contribution >= 0.6 is 0 Å². The van der Waals surface area contributed by atoms with Gasteiger partial charge in [0.1, 0.15) is 0 Å². The Morgan fingerprint density at radius 3 is 2.42 bits per heavy atom. The van der Waals surface area contributed by atoms with Crippen molar-refractivity contribution in [3.8, 4) is 0 Å². The molecular formula is C15H20F3N. The monoisotopic (exact) mass is 271 g/mol. The van der Waals surface area contributed by atoms with E-state index >= 15 is 0 Å². The molecule has 2 rings (SSSR count). The molecule has 0 aliphatic carbocycles. The zero-order valence-corrected chi connectivity index (χ0v) is 11.3. The highest BCUT2D eigenvalue weighted by Gasteiger charge is 2.41. The van der Waals surface area contributed by atoms with Gasteiger partial charge in [0.15, 0.2) is 0 Å². The molecule has 0 aromatic heterocycles. The molecule has 0 saturated carbocycles. The fraction of sp³-hybridized carbons (Fsp3) is 0.600. The highest BCUT2D eigenvalue weighted by atomic mass is 19.4. The summed E-state index contributed by atoms with van der Waals surface area (Å²) in [5.74, 6) is -1.18. The third kappa shape index (κ3) is 3.72. The molecule has 4 heteroatoms. The molecule has 1 N–H and O–H groups in total. The van der Waals surface area contributed by atoms with Gasteiger partial charge in [-0.1, -0.05) is 18.2 Å². The van der Waals surface area contributed by atoms with Crippen LogP contribution in [0.5, 0.6) is 0 Å². The first-order chi connectivity index (χ1) is 8.86. The molecule has 2 unspecified atom stereocenters. The van der Waals surface area contributed by atoms with E-state index in [1.807, 2.05) is 0 Å². The van der Waals surface area contributed by atoms with Crippen molar-refractivity contribution < 1.29 is 13.2 Å². The lowest BCUT2D eigenvalue weighted by molar-refractivity contribution is -0.179. The molecule has 0 bridgehead atoms. The number of halogens is 3. The van der Waals surface area contributed by atoms with Crippen molar-refractivity contribution in [1.82, 2.24) is 5.32 Å². The topological polar surface area (TPSA) is 12.0 Å². The van der Waals surface area contributed by atoms with Crippen LogP contribution < -0.4 is 5.32 Å². The van der Waals surface area contributed by atoms with E-state index in [0.717, 1.165) is 6.42 Å². The summed E-state index contributed by atoms with van der Waals surface area (Å²) >= 11 is 0. The summed E-state index contributed by atoms with van der Waals surface area (Å²) in [6, 6.07) is 6.44. The van der Waals surface area contributed by atoms with Gasteiger partial charge in [0.05, 0.1) is 5.92 Å². The first kappa shape index (κ1) is 14.4. The van der Waals surface area contributed by atoms with Gasteiger partial charge in [-0.25, -0.2) is 0 Å². The lowest BCUT2D eigenvalue weighted by Gasteiger charge is -2.31. The Balaban J connectivity index is 1.90. The zero-order valence-electron chi connectivity index (χ0n) is 11.3. The van der Waals surface area contributed by atoms with Crippen LogP contribution in [-0.4, -0.2) is 18.8 Å². The summed E-state index contributed by atoms with van der Waals surface area (Å²) in [5, 5.41) is 3.04. The Morgan fingerprint density at radius 2 is 1.89 bits per heavy atom. The quantitative estimate of drug-likeness (QED) is 0.863. The average molecular weight is 271 g/mol. The lowest BCUT2D eigenvalue weighted by atomic mass is 9.90. The maximum atomic E-state index is 12.6. The smallest absolute Gasteiger partial charge is 0.313 e. The van der Waals surface area contributed by atoms with Crippen LogP contribution in [0.3, 0.4) is 0 Å². The second-order valence-corrected chi connectivity index (χ2v) is 5.54. The predicted octanol–water partition coefficient (Wildman–Crippen LogP) is 3.78. The van der Waals surface area contributed by atoms with Gasteiger partial charge in [0, 0.05) is 12.6 Å². The van der Waals surface area contributed by atoms with E-state index < -0.39 is 12.1 Å². The molecule has 106 valence electrons. The number of benzene rings is 1. The number of hydrogen-bond acceptors (Lipinski definition) is 1. The number of piperidine rings is 1. The van der Waals surface area contributed by atoms with E-state index in [9.17, 15) is 13.2 Å². The van der Waals surface area contributed by atoms with E-state index in [1.54, 1.807) is 0 Å². The molecular weight excluding hydrogens is 251 g/mol. The third-order valence-corrected chi connectivity index (χ3v) is 4.03. The van der Waals surface area contributed by atoms with E-state index in [1.165, 1.54) is 16.7 Å². The molecule has 2 atom stereocenters. The van der Waals surface area contributed by atoms with Crippen molar-refractivity contribution in [2.24, 2.45) is 5.92 Å². The Bertz CT molecular complexity index is 432. The Hall–Kier alpha value is -1.03. The van der Waals surface area contributed by atoms with E-state index in [4.69, 9.17) is 0 Å². The Labute approximate surface area is 112 Å². The lowest BCUT2D eigenvalue weighted by Crippen LogP contribution is -2.45. The van der Waals surface area contributed by atoms with Gasteiger partial charge in [-0.3, -0.25) is 0 Å². The van der Waals surface area contributed by atoms with Crippen LogP contribution in [0.15, 0.2) is 18.2 Å². The maximum absolute atomic E-state index is 12.6. The molecule has 1 fully saturated rings. The molecule has 1 nitrogen and oxygen atoms in total. The molecule has 0 spiro atoms. The molecule has 1 aromatic carbocycles. The van der Waals surface area contributed by atoms with Crippen molar-refractivity contribution in [2.45, 2.75) is 45.3 Å². The van der Waals surface area contributed by atoms with Gasteiger partial charge in [0.2, 0.25) is 0 Å². The summed E-state index contributed by atoms with van der Waals surface area (Å²) in [6.45, 7) is 4.18. The summed E-state index contributed by atoms with van der Waals surface area (Å²) in [4.78, 5) is 0. The van der Waals surface area contributed by atoms with Crippen molar-refractivity contribution in [3.63, 3.8) is 0 Å². The van der Waals surface area contributed by atoms with Crippen LogP contribution in [0.25, 0.3) is 0 Å². The van der Waals surface area contributed by atoms with Crippen LogP contribution in [0, 0.1) is 19.8 Å². The van der Waals surface area contributed by atoms with Crippen molar-refractivity contribution in [1.29, 1.82) is 0 Å². The number of rotatable bonds is 2. The molecule has 0 radical (unpaired) electrons. The number of hydrogen-bond donors (Lipinski definition) is 1. The molecule has 19 heavy (non-hydrogen) atoms. The maximum Gasteiger partial charge on any atom is 0.393 e. The molecule has 1 aliphatic heterocycles. The fourth-order valence-corrected chi connectivity index (χ4v) is 2.58. The summed E-state index contributed by atoms with van der Waals surface area (Å²) in [6.07, 6.45) is -2.41. The largest absolute Gasteiger partial charge is 0.393 e. The van der Waals surface area contributed by atoms with E-state index in [0.29, 0.717) is 6.42 Å². The van der Waals surface area contributed by atoms with Crippen LogP contribution in [0.1, 0.15) is 29.5 Å². The first-order valence-corrected chi connectivity index (χ1v) is 6.72. The fourth-order valence-electron chi connectivity index (χ4n) is 2.58. The minimum atomic E-state index is -4.06. The van der Waals surface area contributed by atoms with Gasteiger partial charge in [-0.15, -0.1) is 0 Å².